The monoisotopic (exact) mass is 323 g/mol. The van der Waals surface area contributed by atoms with Crippen LogP contribution in [0.2, 0.25) is 0 Å². The van der Waals surface area contributed by atoms with Gasteiger partial charge in [-0.2, -0.15) is 0 Å². The molecule has 1 aromatic carbocycles. The lowest BCUT2D eigenvalue weighted by Gasteiger charge is -2.20. The molecule has 0 aromatic heterocycles. The molecule has 0 aliphatic rings. The lowest BCUT2D eigenvalue weighted by atomic mass is 10.2. The van der Waals surface area contributed by atoms with E-state index in [4.69, 9.17) is 9.84 Å². The van der Waals surface area contributed by atoms with Gasteiger partial charge in [0.1, 0.15) is 5.82 Å². The van der Waals surface area contributed by atoms with Crippen LogP contribution in [0.5, 0.6) is 0 Å². The summed E-state index contributed by atoms with van der Waals surface area (Å²) >= 11 is 0. The smallest absolute Gasteiger partial charge is 0.307 e. The third-order valence-corrected chi connectivity index (χ3v) is 3.08. The molecule has 0 radical (unpaired) electrons. The van der Waals surface area contributed by atoms with E-state index in [1.807, 2.05) is 0 Å². The van der Waals surface area contributed by atoms with Crippen LogP contribution in [0.3, 0.4) is 0 Å². The average molecular weight is 323 g/mol. The van der Waals surface area contributed by atoms with Gasteiger partial charge in [-0.25, -0.2) is 4.39 Å². The number of aliphatic hydroxyl groups excluding tert-OH is 1. The van der Waals surface area contributed by atoms with E-state index in [0.29, 0.717) is 25.1 Å². The summed E-state index contributed by atoms with van der Waals surface area (Å²) in [5.41, 5.74) is 0.701. The summed E-state index contributed by atoms with van der Waals surface area (Å²) in [5, 5.41) is 8.91. The largest absolute Gasteiger partial charge is 0.466 e. The van der Waals surface area contributed by atoms with Gasteiger partial charge in [-0.3, -0.25) is 9.59 Å². The number of hydrogen-bond donors (Lipinski definition) is 1. The molecule has 0 saturated heterocycles. The molecule has 0 unspecified atom stereocenters. The van der Waals surface area contributed by atoms with Gasteiger partial charge in [0.25, 0.3) is 0 Å². The van der Waals surface area contributed by atoms with E-state index in [9.17, 15) is 14.0 Å². The van der Waals surface area contributed by atoms with Gasteiger partial charge in [-0.1, -0.05) is 12.1 Å². The van der Waals surface area contributed by atoms with Crippen LogP contribution in [0.25, 0.3) is 6.08 Å². The van der Waals surface area contributed by atoms with Gasteiger partial charge in [0, 0.05) is 25.8 Å². The SMILES string of the molecule is CCOC(=O)CCN(CCCO)C(=O)/C=C/c1ccc(F)cc1. The van der Waals surface area contributed by atoms with Crippen LogP contribution < -0.4 is 0 Å². The van der Waals surface area contributed by atoms with Crippen molar-refractivity contribution in [3.05, 3.63) is 41.7 Å². The minimum absolute atomic E-state index is 0.0368. The Labute approximate surface area is 135 Å². The predicted molar refractivity (Wildman–Crippen MR) is 85.0 cm³/mol. The van der Waals surface area contributed by atoms with Gasteiger partial charge < -0.3 is 14.7 Å². The van der Waals surface area contributed by atoms with Crippen molar-refractivity contribution in [1.82, 2.24) is 4.90 Å². The molecule has 1 aromatic rings. The maximum absolute atomic E-state index is 12.8. The zero-order valence-electron chi connectivity index (χ0n) is 13.2. The number of amides is 1. The maximum atomic E-state index is 12.8. The van der Waals surface area contributed by atoms with Crippen LogP contribution in [-0.2, 0) is 14.3 Å². The molecule has 0 atom stereocenters. The molecular formula is C17H22FNO4. The highest BCUT2D eigenvalue weighted by Crippen LogP contribution is 2.06. The number of carbonyl (C=O) groups excluding carboxylic acids is 2. The minimum Gasteiger partial charge on any atom is -0.466 e. The molecule has 1 rings (SSSR count). The zero-order valence-corrected chi connectivity index (χ0v) is 13.2. The third kappa shape index (κ3) is 7.56. The Morgan fingerprint density at radius 3 is 2.57 bits per heavy atom. The van der Waals surface area contributed by atoms with Crippen molar-refractivity contribution < 1.29 is 23.8 Å². The van der Waals surface area contributed by atoms with Crippen molar-refractivity contribution >= 4 is 18.0 Å². The number of hydrogen-bond acceptors (Lipinski definition) is 4. The Hall–Kier alpha value is -2.21. The van der Waals surface area contributed by atoms with Crippen molar-refractivity contribution in [2.24, 2.45) is 0 Å². The molecule has 5 nitrogen and oxygen atoms in total. The van der Waals surface area contributed by atoms with Crippen molar-refractivity contribution in [1.29, 1.82) is 0 Å². The summed E-state index contributed by atoms with van der Waals surface area (Å²) < 4.78 is 17.7. The minimum atomic E-state index is -0.364. The number of rotatable bonds is 9. The Morgan fingerprint density at radius 1 is 1.26 bits per heavy atom. The van der Waals surface area contributed by atoms with Gasteiger partial charge in [0.15, 0.2) is 0 Å². The highest BCUT2D eigenvalue weighted by atomic mass is 19.1. The van der Waals surface area contributed by atoms with Crippen LogP contribution >= 0.6 is 0 Å². The van der Waals surface area contributed by atoms with E-state index >= 15 is 0 Å². The second-order valence-corrected chi connectivity index (χ2v) is 4.84. The molecule has 0 fully saturated rings. The van der Waals surface area contributed by atoms with Crippen molar-refractivity contribution in [3.63, 3.8) is 0 Å². The standard InChI is InChI=1S/C17H22FNO4/c1-2-23-17(22)10-12-19(11-3-13-20)16(21)9-6-14-4-7-15(18)8-5-14/h4-9,20H,2-3,10-13H2,1H3/b9-6+. The number of esters is 1. The van der Waals surface area contributed by atoms with Gasteiger partial charge in [0.2, 0.25) is 5.91 Å². The van der Waals surface area contributed by atoms with E-state index in [0.717, 1.165) is 0 Å². The van der Waals surface area contributed by atoms with E-state index < -0.39 is 0 Å². The normalized spacial score (nSPS) is 10.7. The van der Waals surface area contributed by atoms with Crippen molar-refractivity contribution in [2.75, 3.05) is 26.3 Å². The number of nitrogens with zero attached hydrogens (tertiary/aromatic N) is 1. The average Bonchev–Trinajstić information content (AvgIpc) is 2.54. The number of aliphatic hydroxyl groups is 1. The quantitative estimate of drug-likeness (QED) is 0.557. The van der Waals surface area contributed by atoms with E-state index in [-0.39, 0.29) is 37.3 Å². The first-order valence-electron chi connectivity index (χ1n) is 7.56. The number of halogens is 1. The van der Waals surface area contributed by atoms with E-state index in [2.05, 4.69) is 0 Å². The summed E-state index contributed by atoms with van der Waals surface area (Å²) in [6.07, 6.45) is 3.49. The Morgan fingerprint density at radius 2 is 1.96 bits per heavy atom. The lowest BCUT2D eigenvalue weighted by Crippen LogP contribution is -2.33. The number of carbonyl (C=O) groups is 2. The molecule has 126 valence electrons. The first kappa shape index (κ1) is 18.8. The highest BCUT2D eigenvalue weighted by Gasteiger charge is 2.12. The van der Waals surface area contributed by atoms with Crippen LogP contribution in [-0.4, -0.2) is 48.2 Å². The summed E-state index contributed by atoms with van der Waals surface area (Å²) in [5.74, 6) is -0.976. The molecule has 1 amide bonds. The first-order valence-corrected chi connectivity index (χ1v) is 7.56. The summed E-state index contributed by atoms with van der Waals surface area (Å²) in [6.45, 7) is 2.56. The molecule has 0 aliphatic heterocycles. The van der Waals surface area contributed by atoms with Crippen molar-refractivity contribution in [3.8, 4) is 0 Å². The number of benzene rings is 1. The topological polar surface area (TPSA) is 66.8 Å². The number of ether oxygens (including phenoxy) is 1. The molecule has 0 bridgehead atoms. The van der Waals surface area contributed by atoms with Gasteiger partial charge >= 0.3 is 5.97 Å². The van der Waals surface area contributed by atoms with Crippen LogP contribution in [0.4, 0.5) is 4.39 Å². The van der Waals surface area contributed by atoms with Gasteiger partial charge in [0.05, 0.1) is 13.0 Å². The molecule has 0 heterocycles. The highest BCUT2D eigenvalue weighted by molar-refractivity contribution is 5.92. The maximum Gasteiger partial charge on any atom is 0.307 e. The molecule has 0 aliphatic carbocycles. The second-order valence-electron chi connectivity index (χ2n) is 4.84. The fraction of sp³-hybridized carbons (Fsp3) is 0.412. The Bertz CT molecular complexity index is 528. The summed E-state index contributed by atoms with van der Waals surface area (Å²) in [6, 6.07) is 5.76. The molecular weight excluding hydrogens is 301 g/mol. The summed E-state index contributed by atoms with van der Waals surface area (Å²) in [7, 11) is 0. The predicted octanol–water partition coefficient (Wildman–Crippen LogP) is 2.00. The first-order chi connectivity index (χ1) is 11.1. The van der Waals surface area contributed by atoms with Crippen LogP contribution in [0.15, 0.2) is 30.3 Å². The Balaban J connectivity index is 2.62. The van der Waals surface area contributed by atoms with E-state index in [1.165, 1.54) is 23.1 Å². The molecule has 0 spiro atoms. The summed E-state index contributed by atoms with van der Waals surface area (Å²) in [4.78, 5) is 25.1. The second kappa shape index (κ2) is 10.5. The molecule has 23 heavy (non-hydrogen) atoms. The zero-order chi connectivity index (χ0) is 17.1. The van der Waals surface area contributed by atoms with Crippen LogP contribution in [0, 0.1) is 5.82 Å². The lowest BCUT2D eigenvalue weighted by molar-refractivity contribution is -0.143. The molecule has 0 saturated carbocycles. The van der Waals surface area contributed by atoms with Crippen LogP contribution in [0.1, 0.15) is 25.3 Å². The van der Waals surface area contributed by atoms with E-state index in [1.54, 1.807) is 25.1 Å². The molecule has 1 N–H and O–H groups in total. The fourth-order valence-electron chi connectivity index (χ4n) is 1.90. The Kier molecular flexibility index (Phi) is 8.60. The fourth-order valence-corrected chi connectivity index (χ4v) is 1.90. The molecule has 6 heteroatoms. The van der Waals surface area contributed by atoms with Gasteiger partial charge in [-0.15, -0.1) is 0 Å². The third-order valence-electron chi connectivity index (χ3n) is 3.08. The van der Waals surface area contributed by atoms with Crippen molar-refractivity contribution in [2.45, 2.75) is 19.8 Å². The van der Waals surface area contributed by atoms with Gasteiger partial charge in [-0.05, 0) is 37.1 Å².